The Labute approximate surface area is 204 Å². The molecule has 176 valence electrons. The average molecular weight is 466 g/mol. The summed E-state index contributed by atoms with van der Waals surface area (Å²) >= 11 is 0. The van der Waals surface area contributed by atoms with E-state index in [2.05, 4.69) is 5.32 Å². The second kappa shape index (κ2) is 10.5. The lowest BCUT2D eigenvalue weighted by molar-refractivity contribution is -0.134. The van der Waals surface area contributed by atoms with E-state index in [0.29, 0.717) is 22.3 Å². The van der Waals surface area contributed by atoms with Crippen molar-refractivity contribution in [3.8, 4) is 0 Å². The molecule has 0 saturated carbocycles. The van der Waals surface area contributed by atoms with Gasteiger partial charge in [0.15, 0.2) is 0 Å². The van der Waals surface area contributed by atoms with Gasteiger partial charge in [-0.1, -0.05) is 121 Å². The number of nitrogens with one attached hydrogen (secondary N) is 1. The minimum atomic E-state index is -1.62. The van der Waals surface area contributed by atoms with E-state index in [-0.39, 0.29) is 12.8 Å². The molecule has 5 heteroatoms. The Hall–Kier alpha value is -4.06. The Morgan fingerprint density at radius 3 is 0.943 bits per heavy atom. The minimum Gasteiger partial charge on any atom is -0.380 e. The Kier molecular flexibility index (Phi) is 7.20. The first kappa shape index (κ1) is 24.1. The minimum absolute atomic E-state index is 0.359. The molecule has 4 aromatic carbocycles. The summed E-state index contributed by atoms with van der Waals surface area (Å²) in [7, 11) is 0. The zero-order valence-electron chi connectivity index (χ0n) is 19.2. The maximum absolute atomic E-state index is 13.0. The third-order valence-corrected chi connectivity index (χ3v) is 6.12. The molecule has 0 saturated heterocycles. The van der Waals surface area contributed by atoms with E-state index in [1.165, 1.54) is 0 Å². The summed E-state index contributed by atoms with van der Waals surface area (Å²) in [6.45, 7) is 0. The number of carbonyl (C=O) groups excluding carboxylic acids is 2. The van der Waals surface area contributed by atoms with Crippen LogP contribution in [0.3, 0.4) is 0 Å². The Balaban J connectivity index is 1.56. The van der Waals surface area contributed by atoms with E-state index in [1.807, 2.05) is 24.3 Å². The fourth-order valence-corrected chi connectivity index (χ4v) is 4.31. The number of aliphatic hydroxyl groups is 2. The molecule has 2 amide bonds. The molecule has 0 atom stereocenters. The summed E-state index contributed by atoms with van der Waals surface area (Å²) < 4.78 is 0. The molecular formula is C30H27NO4. The van der Waals surface area contributed by atoms with Gasteiger partial charge in [-0.15, -0.1) is 0 Å². The predicted molar refractivity (Wildman–Crippen MR) is 134 cm³/mol. The third kappa shape index (κ3) is 5.38. The van der Waals surface area contributed by atoms with Gasteiger partial charge in [0, 0.05) is 0 Å². The molecule has 0 bridgehead atoms. The Morgan fingerprint density at radius 1 is 0.486 bits per heavy atom. The van der Waals surface area contributed by atoms with Crippen LogP contribution in [-0.4, -0.2) is 22.0 Å². The zero-order chi connectivity index (χ0) is 24.7. The van der Waals surface area contributed by atoms with Crippen molar-refractivity contribution in [2.45, 2.75) is 24.0 Å². The number of carbonyl (C=O) groups is 2. The number of hydrogen-bond acceptors (Lipinski definition) is 4. The van der Waals surface area contributed by atoms with Crippen LogP contribution in [0.2, 0.25) is 0 Å². The van der Waals surface area contributed by atoms with E-state index < -0.39 is 23.0 Å². The number of hydrogen-bond donors (Lipinski definition) is 3. The molecule has 4 aromatic rings. The van der Waals surface area contributed by atoms with Crippen LogP contribution < -0.4 is 5.32 Å². The summed E-state index contributed by atoms with van der Waals surface area (Å²) in [4.78, 5) is 26.0. The highest BCUT2D eigenvalue weighted by atomic mass is 16.3. The van der Waals surface area contributed by atoms with Crippen molar-refractivity contribution in [3.05, 3.63) is 144 Å². The first-order chi connectivity index (χ1) is 16.9. The van der Waals surface area contributed by atoms with Gasteiger partial charge in [0.05, 0.1) is 12.8 Å². The smallest absolute Gasteiger partial charge is 0.230 e. The molecule has 35 heavy (non-hydrogen) atoms. The van der Waals surface area contributed by atoms with Gasteiger partial charge in [0.25, 0.3) is 0 Å². The maximum Gasteiger partial charge on any atom is 0.230 e. The molecule has 0 heterocycles. The van der Waals surface area contributed by atoms with Crippen molar-refractivity contribution in [3.63, 3.8) is 0 Å². The van der Waals surface area contributed by atoms with E-state index in [4.69, 9.17) is 0 Å². The van der Waals surface area contributed by atoms with Crippen LogP contribution in [0.15, 0.2) is 121 Å². The first-order valence-corrected chi connectivity index (χ1v) is 11.4. The second-order valence-electron chi connectivity index (χ2n) is 8.51. The molecule has 0 aliphatic rings. The standard InChI is InChI=1S/C30H27NO4/c32-27(21-29(34,23-13-5-1-6-14-23)24-15-7-2-8-16-24)31-28(33)22-30(35,25-17-9-3-10-18-25)26-19-11-4-12-20-26/h1-20,34-35H,21-22H2,(H,31,32,33). The number of amides is 2. The van der Waals surface area contributed by atoms with Crippen LogP contribution in [0.25, 0.3) is 0 Å². The van der Waals surface area contributed by atoms with Crippen LogP contribution in [-0.2, 0) is 20.8 Å². The fourth-order valence-electron chi connectivity index (χ4n) is 4.31. The average Bonchev–Trinajstić information content (AvgIpc) is 2.90. The molecule has 4 rings (SSSR count). The van der Waals surface area contributed by atoms with Crippen molar-refractivity contribution in [1.29, 1.82) is 0 Å². The molecule has 0 aliphatic heterocycles. The first-order valence-electron chi connectivity index (χ1n) is 11.4. The second-order valence-corrected chi connectivity index (χ2v) is 8.51. The molecule has 3 N–H and O–H groups in total. The predicted octanol–water partition coefficient (Wildman–Crippen LogP) is 4.28. The molecule has 0 aromatic heterocycles. The Bertz CT molecular complexity index is 1080. The maximum atomic E-state index is 13.0. The van der Waals surface area contributed by atoms with Gasteiger partial charge in [-0.05, 0) is 22.3 Å². The van der Waals surface area contributed by atoms with Gasteiger partial charge in [0.2, 0.25) is 11.8 Å². The largest absolute Gasteiger partial charge is 0.380 e. The van der Waals surface area contributed by atoms with Gasteiger partial charge in [-0.3, -0.25) is 14.9 Å². The summed E-state index contributed by atoms with van der Waals surface area (Å²) in [5.74, 6) is -1.29. The highest BCUT2D eigenvalue weighted by molar-refractivity contribution is 5.96. The monoisotopic (exact) mass is 465 g/mol. The zero-order valence-corrected chi connectivity index (χ0v) is 19.2. The number of rotatable bonds is 8. The fraction of sp³-hybridized carbons (Fsp3) is 0.133. The number of benzene rings is 4. The van der Waals surface area contributed by atoms with Gasteiger partial charge >= 0.3 is 0 Å². The third-order valence-electron chi connectivity index (χ3n) is 6.12. The number of imide groups is 1. The van der Waals surface area contributed by atoms with Crippen LogP contribution >= 0.6 is 0 Å². The lowest BCUT2D eigenvalue weighted by Crippen LogP contribution is -2.41. The molecule has 0 unspecified atom stereocenters. The normalized spacial score (nSPS) is 11.6. The summed E-state index contributed by atoms with van der Waals surface area (Å²) in [6, 6.07) is 35.5. The Morgan fingerprint density at radius 2 is 0.714 bits per heavy atom. The molecule has 0 fully saturated rings. The summed E-state index contributed by atoms with van der Waals surface area (Å²) in [5, 5.41) is 25.6. The van der Waals surface area contributed by atoms with Crippen molar-refractivity contribution in [2.24, 2.45) is 0 Å². The van der Waals surface area contributed by atoms with Crippen molar-refractivity contribution in [1.82, 2.24) is 5.32 Å². The van der Waals surface area contributed by atoms with E-state index in [0.717, 1.165) is 0 Å². The highest BCUT2D eigenvalue weighted by Crippen LogP contribution is 2.34. The molecule has 0 radical (unpaired) electrons. The van der Waals surface area contributed by atoms with Crippen LogP contribution in [0, 0.1) is 0 Å². The molecular weight excluding hydrogens is 438 g/mol. The lowest BCUT2D eigenvalue weighted by atomic mass is 9.82. The topological polar surface area (TPSA) is 86.6 Å². The van der Waals surface area contributed by atoms with E-state index >= 15 is 0 Å². The molecule has 0 aliphatic carbocycles. The van der Waals surface area contributed by atoms with E-state index in [1.54, 1.807) is 97.1 Å². The summed E-state index contributed by atoms with van der Waals surface area (Å²) in [5.41, 5.74) is -1.08. The van der Waals surface area contributed by atoms with Crippen LogP contribution in [0.1, 0.15) is 35.1 Å². The van der Waals surface area contributed by atoms with Crippen molar-refractivity contribution < 1.29 is 19.8 Å². The SMILES string of the molecule is O=C(CC(O)(c1ccccc1)c1ccccc1)NC(=O)CC(O)(c1ccccc1)c1ccccc1. The van der Waals surface area contributed by atoms with Crippen LogP contribution in [0.5, 0.6) is 0 Å². The van der Waals surface area contributed by atoms with Gasteiger partial charge in [0.1, 0.15) is 11.2 Å². The van der Waals surface area contributed by atoms with Gasteiger partial charge in [-0.25, -0.2) is 0 Å². The van der Waals surface area contributed by atoms with Crippen molar-refractivity contribution in [2.75, 3.05) is 0 Å². The highest BCUT2D eigenvalue weighted by Gasteiger charge is 2.37. The van der Waals surface area contributed by atoms with Gasteiger partial charge in [-0.2, -0.15) is 0 Å². The quantitative estimate of drug-likeness (QED) is 0.363. The lowest BCUT2D eigenvalue weighted by Gasteiger charge is -2.30. The van der Waals surface area contributed by atoms with Crippen molar-refractivity contribution >= 4 is 11.8 Å². The molecule has 5 nitrogen and oxygen atoms in total. The van der Waals surface area contributed by atoms with Gasteiger partial charge < -0.3 is 10.2 Å². The summed E-state index contributed by atoms with van der Waals surface area (Å²) in [6.07, 6.45) is -0.719. The molecule has 0 spiro atoms. The van der Waals surface area contributed by atoms with Crippen LogP contribution in [0.4, 0.5) is 0 Å². The van der Waals surface area contributed by atoms with E-state index in [9.17, 15) is 19.8 Å².